The van der Waals surface area contributed by atoms with E-state index >= 15 is 0 Å². The molecule has 1 unspecified atom stereocenters. The van der Waals surface area contributed by atoms with Crippen molar-refractivity contribution in [2.45, 2.75) is 18.4 Å². The fourth-order valence-electron chi connectivity index (χ4n) is 2.92. The molecule has 0 aromatic carbocycles. The van der Waals surface area contributed by atoms with Gasteiger partial charge in [0.1, 0.15) is 5.60 Å². The highest BCUT2D eigenvalue weighted by Gasteiger charge is 2.52. The predicted molar refractivity (Wildman–Crippen MR) is 53.6 cm³/mol. The third-order valence-electron chi connectivity index (χ3n) is 3.65. The number of rotatable bonds is 0. The largest absolute Gasteiger partial charge is 0.439 e. The molecule has 4 fully saturated rings. The summed E-state index contributed by atoms with van der Waals surface area (Å²) in [6.45, 7) is 4.03. The van der Waals surface area contributed by atoms with Gasteiger partial charge in [-0.25, -0.2) is 4.79 Å². The summed E-state index contributed by atoms with van der Waals surface area (Å²) in [7, 11) is 0. The smallest absolute Gasteiger partial charge is 0.407 e. The number of nitrogens with one attached hydrogen (secondary N) is 1. The van der Waals surface area contributed by atoms with Gasteiger partial charge in [0.05, 0.1) is 6.54 Å². The number of hydrogen-bond donors (Lipinski definition) is 1. The Bertz CT molecular complexity index is 253. The second-order valence-electron chi connectivity index (χ2n) is 4.36. The second kappa shape index (κ2) is 3.28. The van der Waals surface area contributed by atoms with Gasteiger partial charge in [-0.3, -0.25) is 4.90 Å². The second-order valence-corrected chi connectivity index (χ2v) is 4.36. The zero-order valence-electron chi connectivity index (χ0n) is 7.99. The Hall–Kier alpha value is -0.480. The molecule has 4 aliphatic rings. The number of alkyl carbamates (subject to hydrolysis) is 1. The molecular weight excluding hydrogens is 204 g/mol. The highest BCUT2D eigenvalue weighted by Crippen LogP contribution is 2.39. The summed E-state index contributed by atoms with van der Waals surface area (Å²) in [5.74, 6) is 0.594. The van der Waals surface area contributed by atoms with E-state index in [0.717, 1.165) is 6.54 Å². The van der Waals surface area contributed by atoms with E-state index in [-0.39, 0.29) is 24.1 Å². The molecule has 4 saturated heterocycles. The third-order valence-corrected chi connectivity index (χ3v) is 3.65. The highest BCUT2D eigenvalue weighted by atomic mass is 35.5. The molecule has 0 radical (unpaired) electrons. The van der Waals surface area contributed by atoms with Crippen molar-refractivity contribution in [1.82, 2.24) is 10.2 Å². The summed E-state index contributed by atoms with van der Waals surface area (Å²) in [6, 6.07) is 0. The third kappa shape index (κ3) is 1.28. The first-order valence-electron chi connectivity index (χ1n) is 4.98. The van der Waals surface area contributed by atoms with Crippen LogP contribution in [0.2, 0.25) is 0 Å². The van der Waals surface area contributed by atoms with Gasteiger partial charge < -0.3 is 10.1 Å². The van der Waals surface area contributed by atoms with Gasteiger partial charge in [0.15, 0.2) is 0 Å². The summed E-state index contributed by atoms with van der Waals surface area (Å²) in [5, 5.41) is 2.78. The number of piperidine rings is 3. The van der Waals surface area contributed by atoms with Crippen molar-refractivity contribution in [2.75, 3.05) is 26.2 Å². The van der Waals surface area contributed by atoms with Crippen LogP contribution in [-0.2, 0) is 4.74 Å². The molecule has 0 aromatic heterocycles. The monoisotopic (exact) mass is 218 g/mol. The fourth-order valence-corrected chi connectivity index (χ4v) is 2.92. The van der Waals surface area contributed by atoms with Crippen LogP contribution in [0.3, 0.4) is 0 Å². The average Bonchev–Trinajstić information content (AvgIpc) is 2.49. The van der Waals surface area contributed by atoms with Crippen molar-refractivity contribution in [3.63, 3.8) is 0 Å². The summed E-state index contributed by atoms with van der Waals surface area (Å²) < 4.78 is 5.43. The minimum absolute atomic E-state index is 0. The van der Waals surface area contributed by atoms with Crippen LogP contribution in [0.25, 0.3) is 0 Å². The maximum absolute atomic E-state index is 11.0. The Morgan fingerprint density at radius 2 is 2.14 bits per heavy atom. The summed E-state index contributed by atoms with van der Waals surface area (Å²) in [4.78, 5) is 13.4. The van der Waals surface area contributed by atoms with Crippen molar-refractivity contribution in [1.29, 1.82) is 0 Å². The molecular formula is C9H15ClN2O2. The number of hydrogen-bond acceptors (Lipinski definition) is 3. The Kier molecular flexibility index (Phi) is 2.35. The Balaban J connectivity index is 0.000000750. The first-order valence-corrected chi connectivity index (χ1v) is 4.98. The van der Waals surface area contributed by atoms with E-state index in [4.69, 9.17) is 4.74 Å². The predicted octanol–water partition coefficient (Wildman–Crippen LogP) is 0.612. The van der Waals surface area contributed by atoms with Gasteiger partial charge in [0.2, 0.25) is 0 Å². The molecule has 4 aliphatic heterocycles. The SMILES string of the molecule is Cl.O=C1NCC2(CN3CCC2CC3)O1. The molecule has 4 heterocycles. The number of halogens is 1. The quantitative estimate of drug-likeness (QED) is 0.648. The highest BCUT2D eigenvalue weighted by molar-refractivity contribution is 5.85. The van der Waals surface area contributed by atoms with Crippen LogP contribution in [0.5, 0.6) is 0 Å². The van der Waals surface area contributed by atoms with Crippen LogP contribution in [0, 0.1) is 5.92 Å². The number of ether oxygens (including phenoxy) is 1. The lowest BCUT2D eigenvalue weighted by atomic mass is 9.75. The summed E-state index contributed by atoms with van der Waals surface area (Å²) in [6.07, 6.45) is 2.15. The fraction of sp³-hybridized carbons (Fsp3) is 0.889. The maximum Gasteiger partial charge on any atom is 0.407 e. The zero-order valence-corrected chi connectivity index (χ0v) is 8.81. The van der Waals surface area contributed by atoms with E-state index in [2.05, 4.69) is 10.2 Å². The molecule has 5 heteroatoms. The number of nitrogens with zero attached hydrogens (tertiary/aromatic N) is 1. The standard InChI is InChI=1S/C9H14N2O2.ClH/c12-8-10-5-9(13-8)6-11-3-1-7(9)2-4-11;/h7H,1-6H2,(H,10,12);1H. The molecule has 14 heavy (non-hydrogen) atoms. The maximum atomic E-state index is 11.0. The average molecular weight is 219 g/mol. The van der Waals surface area contributed by atoms with Crippen molar-refractivity contribution < 1.29 is 9.53 Å². The van der Waals surface area contributed by atoms with E-state index in [1.165, 1.54) is 25.9 Å². The first-order chi connectivity index (χ1) is 6.28. The van der Waals surface area contributed by atoms with Crippen LogP contribution in [0.1, 0.15) is 12.8 Å². The molecule has 4 rings (SSSR count). The molecule has 2 bridgehead atoms. The van der Waals surface area contributed by atoms with Crippen molar-refractivity contribution in [3.8, 4) is 0 Å². The molecule has 4 nitrogen and oxygen atoms in total. The van der Waals surface area contributed by atoms with Crippen LogP contribution in [0.15, 0.2) is 0 Å². The van der Waals surface area contributed by atoms with E-state index in [0.29, 0.717) is 12.5 Å². The van der Waals surface area contributed by atoms with Gasteiger partial charge in [-0.05, 0) is 25.9 Å². The molecule has 0 saturated carbocycles. The van der Waals surface area contributed by atoms with Crippen LogP contribution in [-0.4, -0.2) is 42.8 Å². The van der Waals surface area contributed by atoms with Crippen LogP contribution in [0.4, 0.5) is 4.79 Å². The first kappa shape index (κ1) is 10.1. The van der Waals surface area contributed by atoms with Gasteiger partial charge in [0, 0.05) is 12.5 Å². The molecule has 1 atom stereocenters. The van der Waals surface area contributed by atoms with Gasteiger partial charge in [-0.1, -0.05) is 0 Å². The number of fused-ring (bicyclic) bond motifs is 2. The Morgan fingerprint density at radius 3 is 2.57 bits per heavy atom. The topological polar surface area (TPSA) is 41.6 Å². The Labute approximate surface area is 89.4 Å². The lowest BCUT2D eigenvalue weighted by molar-refractivity contribution is -0.0883. The molecule has 80 valence electrons. The van der Waals surface area contributed by atoms with Crippen LogP contribution < -0.4 is 5.32 Å². The Morgan fingerprint density at radius 1 is 1.43 bits per heavy atom. The molecule has 0 aromatic rings. The lowest BCUT2D eigenvalue weighted by Gasteiger charge is -2.49. The molecule has 1 amide bonds. The number of carbonyl (C=O) groups excluding carboxylic acids is 1. The minimum Gasteiger partial charge on any atom is -0.439 e. The minimum atomic E-state index is -0.228. The van der Waals surface area contributed by atoms with Crippen LogP contribution >= 0.6 is 12.4 Å². The van der Waals surface area contributed by atoms with Gasteiger partial charge >= 0.3 is 6.09 Å². The lowest BCUT2D eigenvalue weighted by Crippen LogP contribution is -2.60. The van der Waals surface area contributed by atoms with Gasteiger partial charge in [0.25, 0.3) is 0 Å². The van der Waals surface area contributed by atoms with E-state index in [1.807, 2.05) is 0 Å². The number of carbonyl (C=O) groups is 1. The molecule has 0 aliphatic carbocycles. The molecule has 1 spiro atoms. The number of amides is 1. The van der Waals surface area contributed by atoms with Crippen molar-refractivity contribution in [3.05, 3.63) is 0 Å². The van der Waals surface area contributed by atoms with E-state index in [1.54, 1.807) is 0 Å². The zero-order chi connectivity index (χ0) is 8.89. The summed E-state index contributed by atoms with van der Waals surface area (Å²) >= 11 is 0. The van der Waals surface area contributed by atoms with Gasteiger partial charge in [-0.2, -0.15) is 0 Å². The normalized spacial score (nSPS) is 44.4. The molecule has 1 N–H and O–H groups in total. The van der Waals surface area contributed by atoms with E-state index < -0.39 is 0 Å². The summed E-state index contributed by atoms with van der Waals surface area (Å²) in [5.41, 5.74) is -0.173. The van der Waals surface area contributed by atoms with Crippen molar-refractivity contribution >= 4 is 18.5 Å². The van der Waals surface area contributed by atoms with E-state index in [9.17, 15) is 4.79 Å². The van der Waals surface area contributed by atoms with Gasteiger partial charge in [-0.15, -0.1) is 12.4 Å². The van der Waals surface area contributed by atoms with Crippen molar-refractivity contribution in [2.24, 2.45) is 5.92 Å².